The predicted molar refractivity (Wildman–Crippen MR) is 69.8 cm³/mol. The number of hydrogen-bond acceptors (Lipinski definition) is 2. The lowest BCUT2D eigenvalue weighted by Crippen LogP contribution is -2.18. The molecule has 0 saturated carbocycles. The van der Waals surface area contributed by atoms with Crippen LogP contribution in [0.15, 0.2) is 16.6 Å². The zero-order chi connectivity index (χ0) is 12.5. The molecule has 90 valence electrons. The van der Waals surface area contributed by atoms with Crippen molar-refractivity contribution in [2.45, 2.75) is 33.8 Å². The van der Waals surface area contributed by atoms with Gasteiger partial charge < -0.3 is 9.84 Å². The molecule has 0 bridgehead atoms. The molecule has 1 aromatic rings. The maximum Gasteiger partial charge on any atom is 0.125 e. The van der Waals surface area contributed by atoms with Crippen molar-refractivity contribution >= 4 is 15.9 Å². The van der Waals surface area contributed by atoms with Gasteiger partial charge in [-0.05, 0) is 30.0 Å². The topological polar surface area (TPSA) is 29.5 Å². The number of benzene rings is 1. The normalized spacial score (nSPS) is 13.7. The Kier molecular flexibility index (Phi) is 4.02. The van der Waals surface area contributed by atoms with Crippen LogP contribution in [-0.4, -0.2) is 12.2 Å². The summed E-state index contributed by atoms with van der Waals surface area (Å²) in [5.41, 5.74) is 1.72. The van der Waals surface area contributed by atoms with Gasteiger partial charge in [-0.3, -0.25) is 0 Å². The molecule has 2 nitrogen and oxygen atoms in total. The van der Waals surface area contributed by atoms with Gasteiger partial charge in [0.15, 0.2) is 0 Å². The first-order chi connectivity index (χ1) is 7.27. The number of aryl methyl sites for hydroxylation is 1. The van der Waals surface area contributed by atoms with Gasteiger partial charge in [-0.15, -0.1) is 0 Å². The molecule has 1 aromatic carbocycles. The Labute approximate surface area is 106 Å². The van der Waals surface area contributed by atoms with Gasteiger partial charge in [0, 0.05) is 10.0 Å². The number of halogens is 1. The van der Waals surface area contributed by atoms with Crippen molar-refractivity contribution < 1.29 is 9.84 Å². The lowest BCUT2D eigenvalue weighted by molar-refractivity contribution is 0.0603. The van der Waals surface area contributed by atoms with Crippen LogP contribution in [0.1, 0.15) is 38.0 Å². The lowest BCUT2D eigenvalue weighted by atomic mass is 9.84. The van der Waals surface area contributed by atoms with Crippen molar-refractivity contribution in [3.63, 3.8) is 0 Å². The fraction of sp³-hybridized carbons (Fsp3) is 0.538. The summed E-state index contributed by atoms with van der Waals surface area (Å²) in [7, 11) is 1.63. The van der Waals surface area contributed by atoms with E-state index in [2.05, 4.69) is 15.9 Å². The van der Waals surface area contributed by atoms with E-state index in [4.69, 9.17) is 4.74 Å². The van der Waals surface area contributed by atoms with E-state index in [0.717, 1.165) is 21.3 Å². The molecule has 0 aromatic heterocycles. The van der Waals surface area contributed by atoms with Gasteiger partial charge >= 0.3 is 0 Å². The van der Waals surface area contributed by atoms with Crippen LogP contribution in [0.5, 0.6) is 5.75 Å². The van der Waals surface area contributed by atoms with E-state index in [1.54, 1.807) is 7.11 Å². The van der Waals surface area contributed by atoms with E-state index in [1.807, 2.05) is 39.8 Å². The van der Waals surface area contributed by atoms with Crippen molar-refractivity contribution in [1.82, 2.24) is 0 Å². The molecule has 16 heavy (non-hydrogen) atoms. The minimum absolute atomic E-state index is 0.206. The average Bonchev–Trinajstić information content (AvgIpc) is 2.19. The SMILES string of the molecule is COc1cc(C)c(Br)cc1C(O)C(C)(C)C. The number of aliphatic hydroxyl groups excluding tert-OH is 1. The van der Waals surface area contributed by atoms with Crippen LogP contribution in [0.4, 0.5) is 0 Å². The molecule has 0 spiro atoms. The molecule has 0 amide bonds. The molecule has 1 rings (SSSR count). The van der Waals surface area contributed by atoms with Crippen LogP contribution in [0.2, 0.25) is 0 Å². The Morgan fingerprint density at radius 1 is 1.31 bits per heavy atom. The Morgan fingerprint density at radius 3 is 2.31 bits per heavy atom. The fourth-order valence-corrected chi connectivity index (χ4v) is 1.89. The summed E-state index contributed by atoms with van der Waals surface area (Å²) in [6.45, 7) is 8.01. The van der Waals surface area contributed by atoms with Crippen molar-refractivity contribution in [3.8, 4) is 5.75 Å². The van der Waals surface area contributed by atoms with E-state index in [-0.39, 0.29) is 5.41 Å². The van der Waals surface area contributed by atoms with E-state index < -0.39 is 6.10 Å². The summed E-state index contributed by atoms with van der Waals surface area (Å²) in [6.07, 6.45) is -0.542. The van der Waals surface area contributed by atoms with E-state index >= 15 is 0 Å². The second-order valence-corrected chi connectivity index (χ2v) is 5.97. The highest BCUT2D eigenvalue weighted by atomic mass is 79.9. The second-order valence-electron chi connectivity index (χ2n) is 5.11. The maximum atomic E-state index is 10.3. The highest BCUT2D eigenvalue weighted by Crippen LogP contribution is 2.39. The third-order valence-corrected chi connectivity index (χ3v) is 3.48. The zero-order valence-electron chi connectivity index (χ0n) is 10.5. The summed E-state index contributed by atoms with van der Waals surface area (Å²) in [6, 6.07) is 3.87. The number of rotatable bonds is 2. The van der Waals surface area contributed by atoms with E-state index in [0.29, 0.717) is 0 Å². The minimum Gasteiger partial charge on any atom is -0.496 e. The fourth-order valence-electron chi connectivity index (χ4n) is 1.53. The average molecular weight is 287 g/mol. The van der Waals surface area contributed by atoms with Crippen LogP contribution in [0, 0.1) is 12.3 Å². The molecule has 1 N–H and O–H groups in total. The molecule has 0 aliphatic heterocycles. The van der Waals surface area contributed by atoms with E-state index in [9.17, 15) is 5.11 Å². The quantitative estimate of drug-likeness (QED) is 0.895. The van der Waals surface area contributed by atoms with E-state index in [1.165, 1.54) is 0 Å². The van der Waals surface area contributed by atoms with Crippen LogP contribution in [-0.2, 0) is 0 Å². The molecular weight excluding hydrogens is 268 g/mol. The van der Waals surface area contributed by atoms with Crippen LogP contribution in [0.25, 0.3) is 0 Å². The molecule has 3 heteroatoms. The summed E-state index contributed by atoms with van der Waals surface area (Å²) in [5.74, 6) is 0.739. The monoisotopic (exact) mass is 286 g/mol. The molecule has 0 heterocycles. The van der Waals surface area contributed by atoms with Crippen LogP contribution >= 0.6 is 15.9 Å². The lowest BCUT2D eigenvalue weighted by Gasteiger charge is -2.27. The number of aliphatic hydroxyl groups is 1. The van der Waals surface area contributed by atoms with Gasteiger partial charge in [0.2, 0.25) is 0 Å². The summed E-state index contributed by atoms with van der Waals surface area (Å²) in [4.78, 5) is 0. The van der Waals surface area contributed by atoms with Gasteiger partial charge in [0.05, 0.1) is 13.2 Å². The van der Waals surface area contributed by atoms with Crippen molar-refractivity contribution in [1.29, 1.82) is 0 Å². The first-order valence-electron chi connectivity index (χ1n) is 5.29. The number of methoxy groups -OCH3 is 1. The van der Waals surface area contributed by atoms with Gasteiger partial charge in [0.1, 0.15) is 5.75 Å². The summed E-state index contributed by atoms with van der Waals surface area (Å²) < 4.78 is 6.31. The molecule has 0 aliphatic rings. The predicted octanol–water partition coefficient (Wildman–Crippen LogP) is 3.85. The highest BCUT2D eigenvalue weighted by Gasteiger charge is 2.27. The molecule has 0 saturated heterocycles. The van der Waals surface area contributed by atoms with Gasteiger partial charge in [-0.1, -0.05) is 36.7 Å². The number of hydrogen-bond donors (Lipinski definition) is 1. The molecule has 1 unspecified atom stereocenters. The summed E-state index contributed by atoms with van der Waals surface area (Å²) in [5, 5.41) is 10.3. The van der Waals surface area contributed by atoms with Crippen molar-refractivity contribution in [2.24, 2.45) is 5.41 Å². The Balaban J connectivity index is 3.27. The maximum absolute atomic E-state index is 10.3. The Morgan fingerprint density at radius 2 is 1.88 bits per heavy atom. The first-order valence-corrected chi connectivity index (χ1v) is 6.08. The minimum atomic E-state index is -0.542. The van der Waals surface area contributed by atoms with Gasteiger partial charge in [-0.2, -0.15) is 0 Å². The Bertz CT molecular complexity index is 380. The third kappa shape index (κ3) is 2.77. The second kappa shape index (κ2) is 4.76. The molecule has 1 atom stereocenters. The van der Waals surface area contributed by atoms with Crippen molar-refractivity contribution in [2.75, 3.05) is 7.11 Å². The molecule has 0 radical (unpaired) electrons. The van der Waals surface area contributed by atoms with Crippen molar-refractivity contribution in [3.05, 3.63) is 27.7 Å². The highest BCUT2D eigenvalue weighted by molar-refractivity contribution is 9.10. The third-order valence-electron chi connectivity index (χ3n) is 2.63. The van der Waals surface area contributed by atoms with Gasteiger partial charge in [0.25, 0.3) is 0 Å². The molecule has 0 aliphatic carbocycles. The summed E-state index contributed by atoms with van der Waals surface area (Å²) >= 11 is 3.48. The zero-order valence-corrected chi connectivity index (χ0v) is 12.1. The molecular formula is C13H19BrO2. The standard InChI is InChI=1S/C13H19BrO2/c1-8-6-11(16-5)9(7-10(8)14)12(15)13(2,3)4/h6-7,12,15H,1-5H3. The smallest absolute Gasteiger partial charge is 0.125 e. The number of ether oxygens (including phenoxy) is 1. The molecule has 0 fully saturated rings. The Hall–Kier alpha value is -0.540. The van der Waals surface area contributed by atoms with Gasteiger partial charge in [-0.25, -0.2) is 0 Å². The van der Waals surface area contributed by atoms with Crippen LogP contribution < -0.4 is 4.74 Å². The largest absolute Gasteiger partial charge is 0.496 e. The van der Waals surface area contributed by atoms with Crippen LogP contribution in [0.3, 0.4) is 0 Å². The first kappa shape index (κ1) is 13.5.